The highest BCUT2D eigenvalue weighted by atomic mass is 16.7. The zero-order valence-corrected chi connectivity index (χ0v) is 17.0. The fourth-order valence-corrected chi connectivity index (χ4v) is 3.95. The van der Waals surface area contributed by atoms with E-state index in [0.29, 0.717) is 13.1 Å². The first-order valence-electron chi connectivity index (χ1n) is 10.5. The number of nitrogens with zero attached hydrogens (tertiary/aromatic N) is 2. The van der Waals surface area contributed by atoms with E-state index in [2.05, 4.69) is 16.3 Å². The number of carbonyl (C=O) groups is 1. The van der Waals surface area contributed by atoms with Crippen LogP contribution in [0.4, 0.5) is 16.2 Å². The number of anilines is 2. The predicted octanol–water partition coefficient (Wildman–Crippen LogP) is 4.85. The van der Waals surface area contributed by atoms with Crippen molar-refractivity contribution in [2.24, 2.45) is 0 Å². The minimum Gasteiger partial charge on any atom is -0.454 e. The Hall–Kier alpha value is -2.89. The lowest BCUT2D eigenvalue weighted by Gasteiger charge is -2.27. The van der Waals surface area contributed by atoms with E-state index in [1.54, 1.807) is 4.90 Å². The molecule has 2 heterocycles. The molecular weight excluding hydrogens is 366 g/mol. The molecule has 0 aliphatic carbocycles. The van der Waals surface area contributed by atoms with Crippen molar-refractivity contribution in [3.8, 4) is 11.5 Å². The van der Waals surface area contributed by atoms with E-state index in [4.69, 9.17) is 9.47 Å². The highest BCUT2D eigenvalue weighted by molar-refractivity contribution is 5.93. The Balaban J connectivity index is 1.46. The number of urea groups is 1. The van der Waals surface area contributed by atoms with E-state index in [0.717, 1.165) is 41.5 Å². The minimum absolute atomic E-state index is 0.0903. The summed E-state index contributed by atoms with van der Waals surface area (Å²) < 4.78 is 10.8. The van der Waals surface area contributed by atoms with Crippen molar-refractivity contribution in [3.63, 3.8) is 0 Å². The van der Waals surface area contributed by atoms with Gasteiger partial charge in [0.2, 0.25) is 6.79 Å². The van der Waals surface area contributed by atoms with Crippen molar-refractivity contribution >= 4 is 17.4 Å². The summed E-state index contributed by atoms with van der Waals surface area (Å²) in [5, 5.41) is 3.14. The van der Waals surface area contributed by atoms with E-state index >= 15 is 0 Å². The second-order valence-corrected chi connectivity index (χ2v) is 7.55. The molecule has 6 nitrogen and oxygen atoms in total. The fraction of sp³-hybridized carbons (Fsp3) is 0.435. The van der Waals surface area contributed by atoms with Gasteiger partial charge in [0.25, 0.3) is 0 Å². The Morgan fingerprint density at radius 1 is 1.03 bits per heavy atom. The maximum absolute atomic E-state index is 13.0. The molecule has 1 N–H and O–H groups in total. The van der Waals surface area contributed by atoms with E-state index < -0.39 is 0 Å². The van der Waals surface area contributed by atoms with Gasteiger partial charge in [-0.15, -0.1) is 0 Å². The number of benzene rings is 2. The maximum Gasteiger partial charge on any atom is 0.322 e. The van der Waals surface area contributed by atoms with Gasteiger partial charge in [-0.1, -0.05) is 31.0 Å². The van der Waals surface area contributed by atoms with Crippen molar-refractivity contribution in [3.05, 3.63) is 48.0 Å². The molecule has 2 amide bonds. The van der Waals surface area contributed by atoms with Crippen molar-refractivity contribution in [2.45, 2.75) is 39.2 Å². The number of hydrogen-bond acceptors (Lipinski definition) is 4. The van der Waals surface area contributed by atoms with Crippen molar-refractivity contribution < 1.29 is 14.3 Å². The van der Waals surface area contributed by atoms with E-state index in [9.17, 15) is 4.79 Å². The SMILES string of the molecule is CCN(Cc1ccc2c(c1)OCO2)C(=O)Nc1ccccc1N1CCCCCC1. The summed E-state index contributed by atoms with van der Waals surface area (Å²) in [6.07, 6.45) is 4.97. The van der Waals surface area contributed by atoms with Crippen LogP contribution in [0.5, 0.6) is 11.5 Å². The summed E-state index contributed by atoms with van der Waals surface area (Å²) in [6, 6.07) is 13.9. The van der Waals surface area contributed by atoms with E-state index in [1.807, 2.05) is 43.3 Å². The second-order valence-electron chi connectivity index (χ2n) is 7.55. The molecule has 2 aromatic rings. The number of nitrogens with one attached hydrogen (secondary N) is 1. The Morgan fingerprint density at radius 3 is 2.59 bits per heavy atom. The Morgan fingerprint density at radius 2 is 1.79 bits per heavy atom. The number of fused-ring (bicyclic) bond motifs is 1. The number of amides is 2. The van der Waals surface area contributed by atoms with Crippen LogP contribution in [0.25, 0.3) is 0 Å². The molecule has 2 aliphatic rings. The third-order valence-corrected chi connectivity index (χ3v) is 5.57. The Bertz CT molecular complexity index is 847. The first-order chi connectivity index (χ1) is 14.2. The average molecular weight is 396 g/mol. The molecule has 0 bridgehead atoms. The maximum atomic E-state index is 13.0. The molecule has 29 heavy (non-hydrogen) atoms. The van der Waals surface area contributed by atoms with Gasteiger partial charge in [0.05, 0.1) is 11.4 Å². The summed E-state index contributed by atoms with van der Waals surface area (Å²) in [5.74, 6) is 1.50. The van der Waals surface area contributed by atoms with Crippen LogP contribution in [0.15, 0.2) is 42.5 Å². The lowest BCUT2D eigenvalue weighted by Crippen LogP contribution is -2.35. The van der Waals surface area contributed by atoms with Gasteiger partial charge >= 0.3 is 6.03 Å². The van der Waals surface area contributed by atoms with Crippen LogP contribution in [0.1, 0.15) is 38.2 Å². The zero-order valence-electron chi connectivity index (χ0n) is 17.0. The standard InChI is InChI=1S/C23H29N3O3/c1-2-25(16-18-11-12-21-22(15-18)29-17-28-21)23(27)24-19-9-5-6-10-20(19)26-13-7-3-4-8-14-26/h5-6,9-12,15H,2-4,7-8,13-14,16-17H2,1H3,(H,24,27). The van der Waals surface area contributed by atoms with E-state index in [-0.39, 0.29) is 12.8 Å². The molecule has 154 valence electrons. The van der Waals surface area contributed by atoms with Crippen LogP contribution in [0, 0.1) is 0 Å². The topological polar surface area (TPSA) is 54.0 Å². The first-order valence-corrected chi connectivity index (χ1v) is 10.5. The molecule has 2 aliphatic heterocycles. The normalized spacial score (nSPS) is 15.7. The van der Waals surface area contributed by atoms with Crippen LogP contribution in [-0.2, 0) is 6.54 Å². The van der Waals surface area contributed by atoms with Crippen LogP contribution in [0.3, 0.4) is 0 Å². The summed E-state index contributed by atoms with van der Waals surface area (Å²) in [4.78, 5) is 17.2. The van der Waals surface area contributed by atoms with Gasteiger partial charge in [-0.2, -0.15) is 0 Å². The van der Waals surface area contributed by atoms with Gasteiger partial charge in [0.15, 0.2) is 11.5 Å². The molecule has 0 aromatic heterocycles. The van der Waals surface area contributed by atoms with Gasteiger partial charge in [-0.05, 0) is 49.6 Å². The van der Waals surface area contributed by atoms with Gasteiger partial charge in [-0.3, -0.25) is 0 Å². The third kappa shape index (κ3) is 4.58. The number of para-hydroxylation sites is 2. The quantitative estimate of drug-likeness (QED) is 0.786. The lowest BCUT2D eigenvalue weighted by molar-refractivity contribution is 0.174. The number of ether oxygens (including phenoxy) is 2. The van der Waals surface area contributed by atoms with Crippen molar-refractivity contribution in [1.82, 2.24) is 4.90 Å². The van der Waals surface area contributed by atoms with Crippen molar-refractivity contribution in [2.75, 3.05) is 36.6 Å². The number of rotatable bonds is 5. The van der Waals surface area contributed by atoms with Gasteiger partial charge < -0.3 is 24.6 Å². The molecular formula is C23H29N3O3. The summed E-state index contributed by atoms with van der Waals surface area (Å²) in [6.45, 7) is 5.47. The molecule has 2 aromatic carbocycles. The fourth-order valence-electron chi connectivity index (χ4n) is 3.95. The molecule has 0 saturated carbocycles. The predicted molar refractivity (Wildman–Crippen MR) is 115 cm³/mol. The monoisotopic (exact) mass is 395 g/mol. The molecule has 6 heteroatoms. The average Bonchev–Trinajstić information content (AvgIpc) is 3.04. The van der Waals surface area contributed by atoms with Crippen LogP contribution >= 0.6 is 0 Å². The molecule has 0 spiro atoms. The van der Waals surface area contributed by atoms with Gasteiger partial charge in [0, 0.05) is 26.2 Å². The number of carbonyl (C=O) groups excluding carboxylic acids is 1. The number of hydrogen-bond donors (Lipinski definition) is 1. The smallest absolute Gasteiger partial charge is 0.322 e. The molecule has 0 radical (unpaired) electrons. The molecule has 4 rings (SSSR count). The van der Waals surface area contributed by atoms with Gasteiger partial charge in [0.1, 0.15) is 0 Å². The van der Waals surface area contributed by atoms with Crippen LogP contribution < -0.4 is 19.7 Å². The summed E-state index contributed by atoms with van der Waals surface area (Å²) >= 11 is 0. The van der Waals surface area contributed by atoms with Crippen LogP contribution in [-0.4, -0.2) is 37.4 Å². The first kappa shape index (κ1) is 19.4. The zero-order chi connectivity index (χ0) is 20.1. The highest BCUT2D eigenvalue weighted by Crippen LogP contribution is 2.33. The third-order valence-electron chi connectivity index (χ3n) is 5.57. The van der Waals surface area contributed by atoms with Crippen LogP contribution in [0.2, 0.25) is 0 Å². The summed E-state index contributed by atoms with van der Waals surface area (Å²) in [5.41, 5.74) is 3.01. The largest absolute Gasteiger partial charge is 0.454 e. The molecule has 0 atom stereocenters. The lowest BCUT2D eigenvalue weighted by atomic mass is 10.2. The van der Waals surface area contributed by atoms with Crippen molar-refractivity contribution in [1.29, 1.82) is 0 Å². The highest BCUT2D eigenvalue weighted by Gasteiger charge is 2.19. The van der Waals surface area contributed by atoms with E-state index in [1.165, 1.54) is 25.7 Å². The van der Waals surface area contributed by atoms with Gasteiger partial charge in [-0.25, -0.2) is 4.79 Å². The summed E-state index contributed by atoms with van der Waals surface area (Å²) in [7, 11) is 0. The Labute approximate surface area is 172 Å². The minimum atomic E-state index is -0.0903. The second kappa shape index (κ2) is 9.07. The molecule has 0 unspecified atom stereocenters. The molecule has 1 saturated heterocycles. The molecule has 1 fully saturated rings. The Kier molecular flexibility index (Phi) is 6.08.